The number of nitrogens with two attached hydrogens (primary N) is 1. The lowest BCUT2D eigenvalue weighted by atomic mass is 10.5. The molecule has 8 nitrogen and oxygen atoms in total. The molecule has 2 rings (SSSR count). The van der Waals surface area contributed by atoms with Crippen LogP contribution in [0.2, 0.25) is 0 Å². The van der Waals surface area contributed by atoms with E-state index >= 15 is 0 Å². The van der Waals surface area contributed by atoms with E-state index in [-0.39, 0.29) is 18.4 Å². The van der Waals surface area contributed by atoms with Gasteiger partial charge in [0, 0.05) is 12.4 Å². The van der Waals surface area contributed by atoms with Crippen molar-refractivity contribution >= 4 is 24.9 Å². The van der Waals surface area contributed by atoms with Crippen molar-refractivity contribution < 1.29 is 23.0 Å². The highest BCUT2D eigenvalue weighted by Gasteiger charge is 2.29. The lowest BCUT2D eigenvalue weighted by molar-refractivity contribution is -0.0193. The van der Waals surface area contributed by atoms with Crippen LogP contribution in [0.1, 0.15) is 13.2 Å². The highest BCUT2D eigenvalue weighted by molar-refractivity contribution is 8.00. The minimum absolute atomic E-state index is 0.00999. The molecule has 0 amide bonds. The third-order valence-electron chi connectivity index (χ3n) is 2.96. The van der Waals surface area contributed by atoms with Gasteiger partial charge in [-0.2, -0.15) is 4.98 Å². The van der Waals surface area contributed by atoms with Crippen molar-refractivity contribution in [3.8, 4) is 0 Å². The molecule has 0 radical (unpaired) electrons. The summed E-state index contributed by atoms with van der Waals surface area (Å²) in [6, 6.07) is 0. The van der Waals surface area contributed by atoms with E-state index in [1.807, 2.05) is 0 Å². The van der Waals surface area contributed by atoms with Crippen molar-refractivity contribution in [3.63, 3.8) is 0 Å². The first kappa shape index (κ1) is 18.4. The van der Waals surface area contributed by atoms with Gasteiger partial charge in [0.25, 0.3) is 0 Å². The van der Waals surface area contributed by atoms with Crippen molar-refractivity contribution in [3.05, 3.63) is 22.5 Å². The summed E-state index contributed by atoms with van der Waals surface area (Å²) in [5, 5.41) is 0. The largest absolute Gasteiger partial charge is 0.381 e. The van der Waals surface area contributed by atoms with Crippen LogP contribution in [0.5, 0.6) is 0 Å². The topological polar surface area (TPSA) is 106 Å². The molecule has 0 aromatic carbocycles. The van der Waals surface area contributed by atoms with Crippen molar-refractivity contribution in [1.29, 1.82) is 0 Å². The van der Waals surface area contributed by atoms with E-state index in [2.05, 4.69) is 4.98 Å². The van der Waals surface area contributed by atoms with Crippen LogP contribution in [0.3, 0.4) is 0 Å². The summed E-state index contributed by atoms with van der Waals surface area (Å²) < 4.78 is 42.5. The van der Waals surface area contributed by atoms with Crippen LogP contribution in [-0.2, 0) is 18.6 Å². The molecule has 1 fully saturated rings. The molecule has 0 saturated carbocycles. The van der Waals surface area contributed by atoms with Crippen LogP contribution in [0.25, 0.3) is 0 Å². The maximum Gasteiger partial charge on any atom is 0.351 e. The monoisotopic (exact) mass is 367 g/mol. The van der Waals surface area contributed by atoms with Crippen molar-refractivity contribution in [2.75, 3.05) is 37.7 Å². The van der Waals surface area contributed by atoms with Crippen LogP contribution in [0.15, 0.2) is 11.0 Å². The number of ether oxygens (including phenoxy) is 2. The van der Waals surface area contributed by atoms with Crippen LogP contribution in [0, 0.1) is 5.82 Å². The Bertz CT molecular complexity index is 658. The zero-order valence-electron chi connectivity index (χ0n) is 12.8. The van der Waals surface area contributed by atoms with Gasteiger partial charge >= 0.3 is 5.69 Å². The molecule has 2 N–H and O–H groups in total. The molecule has 11 heteroatoms. The Labute approximate surface area is 137 Å². The molecule has 0 aliphatic carbocycles. The highest BCUT2D eigenvalue weighted by Crippen LogP contribution is 2.42. The van der Waals surface area contributed by atoms with Crippen LogP contribution in [0.4, 0.5) is 10.2 Å². The molecule has 0 bridgehead atoms. The Balaban J connectivity index is 1.88. The molecule has 1 saturated heterocycles. The Kier molecular flexibility index (Phi) is 6.21. The van der Waals surface area contributed by atoms with Crippen molar-refractivity contribution in [2.45, 2.75) is 18.6 Å². The number of hydrogen-bond acceptors (Lipinski definition) is 8. The Hall–Kier alpha value is -0.930. The van der Waals surface area contributed by atoms with Crippen LogP contribution >= 0.6 is 19.1 Å². The van der Waals surface area contributed by atoms with Gasteiger partial charge in [0.05, 0.1) is 19.4 Å². The fourth-order valence-electron chi connectivity index (χ4n) is 1.97. The molecule has 3 atom stereocenters. The van der Waals surface area contributed by atoms with Crippen LogP contribution in [-0.4, -0.2) is 47.0 Å². The van der Waals surface area contributed by atoms with Crippen molar-refractivity contribution in [1.82, 2.24) is 9.55 Å². The standard InChI is InChI=1S/C12H19FN3O5PS/c1-3-20-22(2,18)7-19-5-10-21-9(6-23-10)16-4-8(13)11(14)15-12(16)17/h4,9-10H,3,5-7H2,1-2H3,(H2,14,15,17). The van der Waals surface area contributed by atoms with Gasteiger partial charge < -0.3 is 19.7 Å². The number of hydrogen-bond donors (Lipinski definition) is 1. The number of anilines is 1. The number of nitrogen functional groups attached to an aromatic ring is 1. The quantitative estimate of drug-likeness (QED) is 0.722. The summed E-state index contributed by atoms with van der Waals surface area (Å²) in [5.74, 6) is -0.776. The molecule has 1 aliphatic rings. The predicted octanol–water partition coefficient (Wildman–Crippen LogP) is 1.47. The number of rotatable bonds is 7. The van der Waals surface area contributed by atoms with Gasteiger partial charge in [-0.05, 0) is 6.92 Å². The van der Waals surface area contributed by atoms with E-state index < -0.39 is 30.9 Å². The zero-order chi connectivity index (χ0) is 17.0. The lowest BCUT2D eigenvalue weighted by Gasteiger charge is -2.16. The minimum atomic E-state index is -2.76. The lowest BCUT2D eigenvalue weighted by Crippen LogP contribution is -2.30. The smallest absolute Gasteiger partial charge is 0.351 e. The van der Waals surface area contributed by atoms with E-state index in [1.165, 1.54) is 18.4 Å². The number of thioether (sulfide) groups is 1. The molecule has 1 aromatic rings. The molecule has 0 spiro atoms. The second-order valence-electron chi connectivity index (χ2n) is 4.95. The molecule has 1 aliphatic heterocycles. The summed E-state index contributed by atoms with van der Waals surface area (Å²) in [5.41, 5.74) is 4.21. The summed E-state index contributed by atoms with van der Waals surface area (Å²) in [7, 11) is -2.76. The van der Waals surface area contributed by atoms with Gasteiger partial charge in [0.15, 0.2) is 11.6 Å². The van der Waals surface area contributed by atoms with Crippen molar-refractivity contribution in [2.24, 2.45) is 0 Å². The highest BCUT2D eigenvalue weighted by atomic mass is 32.2. The zero-order valence-corrected chi connectivity index (χ0v) is 14.5. The fourth-order valence-corrected chi connectivity index (χ4v) is 4.04. The summed E-state index contributed by atoms with van der Waals surface area (Å²) in [4.78, 5) is 15.1. The number of halogens is 1. The summed E-state index contributed by atoms with van der Waals surface area (Å²) in [6.45, 7) is 3.80. The Morgan fingerprint density at radius 1 is 1.65 bits per heavy atom. The molecule has 23 heavy (non-hydrogen) atoms. The Morgan fingerprint density at radius 2 is 2.39 bits per heavy atom. The van der Waals surface area contributed by atoms with E-state index in [1.54, 1.807) is 6.92 Å². The average Bonchev–Trinajstić information content (AvgIpc) is 2.91. The number of aromatic nitrogens is 2. The maximum absolute atomic E-state index is 13.4. The van der Waals surface area contributed by atoms with Gasteiger partial charge in [-0.1, -0.05) is 0 Å². The van der Waals surface area contributed by atoms with E-state index in [4.69, 9.17) is 19.7 Å². The first-order valence-corrected chi connectivity index (χ1v) is 10.2. The van der Waals surface area contributed by atoms with E-state index in [9.17, 15) is 13.8 Å². The predicted molar refractivity (Wildman–Crippen MR) is 85.2 cm³/mol. The van der Waals surface area contributed by atoms with Gasteiger partial charge in [-0.3, -0.25) is 9.13 Å². The van der Waals surface area contributed by atoms with Gasteiger partial charge in [-0.25, -0.2) is 9.18 Å². The minimum Gasteiger partial charge on any atom is -0.381 e. The molecule has 3 unspecified atom stereocenters. The summed E-state index contributed by atoms with van der Waals surface area (Å²) in [6.07, 6.45) is 0.322. The normalized spacial score (nSPS) is 23.8. The average molecular weight is 367 g/mol. The first-order valence-electron chi connectivity index (χ1n) is 6.92. The van der Waals surface area contributed by atoms with Gasteiger partial charge in [0.1, 0.15) is 18.0 Å². The number of nitrogens with zero attached hydrogens (tertiary/aromatic N) is 2. The second-order valence-corrected chi connectivity index (χ2v) is 8.69. The third-order valence-corrected chi connectivity index (χ3v) is 5.51. The summed E-state index contributed by atoms with van der Waals surface area (Å²) >= 11 is 1.41. The molecule has 2 heterocycles. The fraction of sp³-hybridized carbons (Fsp3) is 0.667. The van der Waals surface area contributed by atoms with E-state index in [0.29, 0.717) is 12.4 Å². The van der Waals surface area contributed by atoms with Crippen LogP contribution < -0.4 is 11.4 Å². The maximum atomic E-state index is 13.4. The molecule has 1 aromatic heterocycles. The molecule has 130 valence electrons. The first-order chi connectivity index (χ1) is 10.8. The molecular formula is C12H19FN3O5PS. The van der Waals surface area contributed by atoms with Gasteiger partial charge in [0.2, 0.25) is 7.37 Å². The second kappa shape index (κ2) is 7.76. The third kappa shape index (κ3) is 5.02. The van der Waals surface area contributed by atoms with E-state index in [0.717, 1.165) is 10.8 Å². The Morgan fingerprint density at radius 3 is 3.09 bits per heavy atom. The van der Waals surface area contributed by atoms with Gasteiger partial charge in [-0.15, -0.1) is 11.8 Å². The molecular weight excluding hydrogens is 348 g/mol. The SMILES string of the molecule is CCOP(C)(=O)COCC1OC(n2cc(F)c(N)nc2=O)CS1.